The van der Waals surface area contributed by atoms with Gasteiger partial charge >= 0.3 is 5.97 Å². The lowest BCUT2D eigenvalue weighted by atomic mass is 10.3. The number of aromatic nitrogens is 3. The maximum absolute atomic E-state index is 11.1. The highest BCUT2D eigenvalue weighted by molar-refractivity contribution is 5.88. The summed E-state index contributed by atoms with van der Waals surface area (Å²) < 4.78 is 4.53. The summed E-state index contributed by atoms with van der Waals surface area (Å²) in [6.07, 6.45) is 0. The zero-order valence-corrected chi connectivity index (χ0v) is 7.63. The summed E-state index contributed by atoms with van der Waals surface area (Å²) in [5, 5.41) is 12.9. The molecule has 72 valence electrons. The Kier molecular flexibility index (Phi) is 3.39. The summed E-state index contributed by atoms with van der Waals surface area (Å²) in [6.45, 7) is 3.29. The molecule has 2 N–H and O–H groups in total. The molecule has 0 aliphatic carbocycles. The van der Waals surface area contributed by atoms with E-state index in [1.54, 1.807) is 0 Å². The standard InChI is InChI=1S/C7H12N4O2/c1-3-8-4-5-6(7(12)13-2)10-11-9-5/h8H,3-4H2,1-2H3,(H,9,10,11). The summed E-state index contributed by atoms with van der Waals surface area (Å²) in [7, 11) is 1.31. The number of hydrogen-bond acceptors (Lipinski definition) is 5. The molecule has 0 saturated carbocycles. The Labute approximate surface area is 75.7 Å². The van der Waals surface area contributed by atoms with Crippen LogP contribution in [0.25, 0.3) is 0 Å². The molecule has 0 aliphatic heterocycles. The number of carbonyl (C=O) groups is 1. The molecule has 0 radical (unpaired) electrons. The molecule has 1 heterocycles. The van der Waals surface area contributed by atoms with Crippen LogP contribution in [0.2, 0.25) is 0 Å². The van der Waals surface area contributed by atoms with Crippen LogP contribution in [0.3, 0.4) is 0 Å². The first kappa shape index (κ1) is 9.66. The Bertz CT molecular complexity index is 284. The minimum absolute atomic E-state index is 0.239. The molecule has 0 atom stereocenters. The number of ether oxygens (including phenoxy) is 1. The van der Waals surface area contributed by atoms with E-state index < -0.39 is 5.97 Å². The van der Waals surface area contributed by atoms with Crippen LogP contribution in [0.1, 0.15) is 23.1 Å². The molecule has 0 aliphatic rings. The van der Waals surface area contributed by atoms with Gasteiger partial charge in [0.25, 0.3) is 0 Å². The van der Waals surface area contributed by atoms with Crippen molar-refractivity contribution in [2.45, 2.75) is 13.5 Å². The molecule has 6 nitrogen and oxygen atoms in total. The van der Waals surface area contributed by atoms with Gasteiger partial charge in [-0.2, -0.15) is 10.3 Å². The number of esters is 1. The SMILES string of the molecule is CCNCc1n[nH]nc1C(=O)OC. The van der Waals surface area contributed by atoms with E-state index in [0.717, 1.165) is 6.54 Å². The number of nitrogens with zero attached hydrogens (tertiary/aromatic N) is 2. The minimum atomic E-state index is -0.471. The van der Waals surface area contributed by atoms with Gasteiger partial charge in [0.15, 0.2) is 5.69 Å². The van der Waals surface area contributed by atoms with Gasteiger partial charge in [0.05, 0.1) is 7.11 Å². The Morgan fingerprint density at radius 3 is 3.00 bits per heavy atom. The molecule has 0 spiro atoms. The number of nitrogens with one attached hydrogen (secondary N) is 2. The summed E-state index contributed by atoms with van der Waals surface area (Å²) >= 11 is 0. The molecule has 0 aromatic carbocycles. The van der Waals surface area contributed by atoms with Crippen molar-refractivity contribution >= 4 is 5.97 Å². The van der Waals surface area contributed by atoms with Crippen molar-refractivity contribution in [1.82, 2.24) is 20.7 Å². The van der Waals surface area contributed by atoms with E-state index in [-0.39, 0.29) is 5.69 Å². The van der Waals surface area contributed by atoms with Gasteiger partial charge in [-0.25, -0.2) is 4.79 Å². The number of methoxy groups -OCH3 is 1. The van der Waals surface area contributed by atoms with Gasteiger partial charge in [-0.1, -0.05) is 6.92 Å². The average Bonchev–Trinajstić information content (AvgIpc) is 2.61. The molecule has 0 fully saturated rings. The lowest BCUT2D eigenvalue weighted by molar-refractivity contribution is 0.0592. The van der Waals surface area contributed by atoms with E-state index >= 15 is 0 Å². The van der Waals surface area contributed by atoms with E-state index in [1.165, 1.54) is 7.11 Å². The van der Waals surface area contributed by atoms with Gasteiger partial charge in [-0.05, 0) is 6.54 Å². The molecule has 0 bridgehead atoms. The highest BCUT2D eigenvalue weighted by Crippen LogP contribution is 2.01. The number of carbonyl (C=O) groups excluding carboxylic acids is 1. The number of hydrogen-bond donors (Lipinski definition) is 2. The van der Waals surface area contributed by atoms with Crippen molar-refractivity contribution in [3.8, 4) is 0 Å². The molecule has 0 saturated heterocycles. The van der Waals surface area contributed by atoms with Crippen molar-refractivity contribution in [2.24, 2.45) is 0 Å². The van der Waals surface area contributed by atoms with E-state index in [1.807, 2.05) is 6.92 Å². The average molecular weight is 184 g/mol. The van der Waals surface area contributed by atoms with E-state index in [9.17, 15) is 4.79 Å². The van der Waals surface area contributed by atoms with Crippen LogP contribution in [0.4, 0.5) is 0 Å². The van der Waals surface area contributed by atoms with Crippen LogP contribution >= 0.6 is 0 Å². The Morgan fingerprint density at radius 2 is 2.38 bits per heavy atom. The lowest BCUT2D eigenvalue weighted by Crippen LogP contribution is -2.15. The normalized spacial score (nSPS) is 10.0. The van der Waals surface area contributed by atoms with Crippen LogP contribution in [-0.4, -0.2) is 35.0 Å². The third kappa shape index (κ3) is 2.25. The summed E-state index contributed by atoms with van der Waals surface area (Å²) in [4.78, 5) is 11.1. The molecule has 1 aromatic rings. The Hall–Kier alpha value is -1.43. The van der Waals surface area contributed by atoms with Gasteiger partial charge in [0.1, 0.15) is 5.69 Å². The smallest absolute Gasteiger partial charge is 0.360 e. The maximum atomic E-state index is 11.1. The highest BCUT2D eigenvalue weighted by atomic mass is 16.5. The molecular formula is C7H12N4O2. The highest BCUT2D eigenvalue weighted by Gasteiger charge is 2.15. The number of H-pyrrole nitrogens is 1. The van der Waals surface area contributed by atoms with Crippen molar-refractivity contribution < 1.29 is 9.53 Å². The monoisotopic (exact) mass is 184 g/mol. The predicted octanol–water partition coefficient (Wildman–Crippen LogP) is -0.299. The van der Waals surface area contributed by atoms with E-state index in [2.05, 4.69) is 25.5 Å². The molecule has 1 rings (SSSR count). The molecule has 0 amide bonds. The molecule has 13 heavy (non-hydrogen) atoms. The van der Waals surface area contributed by atoms with Crippen LogP contribution < -0.4 is 5.32 Å². The topological polar surface area (TPSA) is 79.9 Å². The van der Waals surface area contributed by atoms with E-state index in [4.69, 9.17) is 0 Å². The summed E-state index contributed by atoms with van der Waals surface area (Å²) in [6, 6.07) is 0. The van der Waals surface area contributed by atoms with Crippen LogP contribution in [0, 0.1) is 0 Å². The van der Waals surface area contributed by atoms with Crippen molar-refractivity contribution in [2.75, 3.05) is 13.7 Å². The minimum Gasteiger partial charge on any atom is -0.464 e. The molecule has 1 aromatic heterocycles. The fraction of sp³-hybridized carbons (Fsp3) is 0.571. The first-order chi connectivity index (χ1) is 6.29. The third-order valence-corrected chi connectivity index (χ3v) is 1.54. The number of rotatable bonds is 4. The second kappa shape index (κ2) is 4.56. The molecule has 0 unspecified atom stereocenters. The quantitative estimate of drug-likeness (QED) is 0.628. The fourth-order valence-corrected chi connectivity index (χ4v) is 0.880. The second-order valence-corrected chi connectivity index (χ2v) is 2.39. The van der Waals surface area contributed by atoms with Crippen LogP contribution in [-0.2, 0) is 11.3 Å². The molecular weight excluding hydrogens is 172 g/mol. The lowest BCUT2D eigenvalue weighted by Gasteiger charge is -1.98. The fourth-order valence-electron chi connectivity index (χ4n) is 0.880. The van der Waals surface area contributed by atoms with E-state index in [0.29, 0.717) is 12.2 Å². The predicted molar refractivity (Wildman–Crippen MR) is 45.1 cm³/mol. The Morgan fingerprint density at radius 1 is 1.62 bits per heavy atom. The van der Waals surface area contributed by atoms with Crippen molar-refractivity contribution in [3.05, 3.63) is 11.4 Å². The maximum Gasteiger partial charge on any atom is 0.360 e. The van der Waals surface area contributed by atoms with Gasteiger partial charge in [0, 0.05) is 6.54 Å². The first-order valence-corrected chi connectivity index (χ1v) is 3.98. The van der Waals surface area contributed by atoms with Crippen molar-refractivity contribution in [3.63, 3.8) is 0 Å². The van der Waals surface area contributed by atoms with Gasteiger partial charge < -0.3 is 10.1 Å². The Balaban J connectivity index is 2.71. The number of aromatic amines is 1. The molecule has 6 heteroatoms. The van der Waals surface area contributed by atoms with Gasteiger partial charge in [0.2, 0.25) is 0 Å². The van der Waals surface area contributed by atoms with Gasteiger partial charge in [-0.3, -0.25) is 0 Å². The van der Waals surface area contributed by atoms with Crippen molar-refractivity contribution in [1.29, 1.82) is 0 Å². The largest absolute Gasteiger partial charge is 0.464 e. The third-order valence-electron chi connectivity index (χ3n) is 1.54. The first-order valence-electron chi connectivity index (χ1n) is 3.98. The summed E-state index contributed by atoms with van der Waals surface area (Å²) in [5.41, 5.74) is 0.817. The van der Waals surface area contributed by atoms with Crippen LogP contribution in [0.15, 0.2) is 0 Å². The zero-order chi connectivity index (χ0) is 9.68. The van der Waals surface area contributed by atoms with Crippen LogP contribution in [0.5, 0.6) is 0 Å². The zero-order valence-electron chi connectivity index (χ0n) is 7.63. The second-order valence-electron chi connectivity index (χ2n) is 2.39. The summed E-state index contributed by atoms with van der Waals surface area (Å²) in [5.74, 6) is -0.471. The van der Waals surface area contributed by atoms with Gasteiger partial charge in [-0.15, -0.1) is 5.10 Å².